The maximum absolute atomic E-state index is 7.64. The van der Waals surface area contributed by atoms with E-state index in [0.29, 0.717) is 0 Å². The van der Waals surface area contributed by atoms with Gasteiger partial charge >= 0.3 is 0 Å². The average molecular weight is 110 g/mol. The molecule has 0 aromatic heterocycles. The monoisotopic (exact) mass is 110 g/mol. The summed E-state index contributed by atoms with van der Waals surface area (Å²) in [6.07, 6.45) is 2.11. The van der Waals surface area contributed by atoms with Crippen molar-refractivity contribution in [1.29, 1.82) is 0 Å². The van der Waals surface area contributed by atoms with Gasteiger partial charge in [-0.1, -0.05) is 10.2 Å². The molecule has 0 heterocycles. The lowest BCUT2D eigenvalue weighted by atomic mass is 11.0. The van der Waals surface area contributed by atoms with Crippen LogP contribution >= 0.6 is 0 Å². The third kappa shape index (κ3) is 4.36. The van der Waals surface area contributed by atoms with Crippen LogP contribution in [0.3, 0.4) is 0 Å². The second kappa shape index (κ2) is 5.36. The molecule has 0 aromatic rings. The summed E-state index contributed by atoms with van der Waals surface area (Å²) in [6.45, 7) is 0. The highest BCUT2D eigenvalue weighted by Crippen LogP contribution is 1.76. The van der Waals surface area contributed by atoms with E-state index in [1.165, 1.54) is 0 Å². The Kier molecular flexibility index (Phi) is 4.26. The van der Waals surface area contributed by atoms with Gasteiger partial charge in [0.1, 0.15) is 0 Å². The molecule has 0 unspecified atom stereocenters. The summed E-state index contributed by atoms with van der Waals surface area (Å²) < 4.78 is 0. The maximum atomic E-state index is 7.64. The molecule has 0 aromatic carbocycles. The van der Waals surface area contributed by atoms with Gasteiger partial charge in [-0.15, -0.1) is 0 Å². The molecule has 6 nitrogen and oxygen atoms in total. The van der Waals surface area contributed by atoms with Crippen LogP contribution in [0, 0.1) is 0 Å². The predicted molar refractivity (Wildman–Crippen MR) is 27.4 cm³/mol. The van der Waals surface area contributed by atoms with Crippen molar-refractivity contribution in [3.63, 3.8) is 0 Å². The first-order valence-electron chi connectivity index (χ1n) is 1.65. The van der Waals surface area contributed by atoms with Crippen LogP contribution in [0.1, 0.15) is 0 Å². The smallest absolute Gasteiger partial charge is 0.00474 e. The summed E-state index contributed by atoms with van der Waals surface area (Å²) >= 11 is 0. The fourth-order valence-electron chi connectivity index (χ4n) is 0.119. The topological polar surface area (TPSA) is 97.5 Å². The predicted octanol–water partition coefficient (Wildman–Crippen LogP) is 2.08. The van der Waals surface area contributed by atoms with Crippen LogP contribution in [0.2, 0.25) is 0 Å². The molecule has 0 radical (unpaired) electrons. The van der Waals surface area contributed by atoms with E-state index in [2.05, 4.69) is 20.1 Å². The van der Waals surface area contributed by atoms with Gasteiger partial charge in [-0.25, -0.2) is 0 Å². The molecule has 0 saturated carbocycles. The molecule has 0 spiro atoms. The standard InChI is InChI=1S/C2H2N6/c3-7-5-1-2-6-8-4/h1-2H/b2-1-. The Balaban J connectivity index is 3.66. The summed E-state index contributed by atoms with van der Waals surface area (Å²) in [5.41, 5.74) is 15.3. The Morgan fingerprint density at radius 2 is 1.38 bits per heavy atom. The molecule has 0 aliphatic heterocycles. The van der Waals surface area contributed by atoms with Gasteiger partial charge in [0.15, 0.2) is 0 Å². The number of rotatable bonds is 2. The lowest BCUT2D eigenvalue weighted by Gasteiger charge is -1.59. The average Bonchev–Trinajstić information content (AvgIpc) is 1.81. The molecule has 8 heavy (non-hydrogen) atoms. The van der Waals surface area contributed by atoms with E-state index < -0.39 is 0 Å². The summed E-state index contributed by atoms with van der Waals surface area (Å²) in [4.78, 5) is 4.72. The van der Waals surface area contributed by atoms with Crippen LogP contribution in [0.4, 0.5) is 0 Å². The van der Waals surface area contributed by atoms with E-state index in [0.717, 1.165) is 12.4 Å². The molecular formula is C2H2N6. The third-order valence-electron chi connectivity index (χ3n) is 0.303. The van der Waals surface area contributed by atoms with E-state index in [-0.39, 0.29) is 0 Å². The molecule has 0 N–H and O–H groups in total. The molecule has 0 aliphatic rings. The molecule has 40 valence electrons. The van der Waals surface area contributed by atoms with Crippen LogP contribution in [0.15, 0.2) is 22.6 Å². The SMILES string of the molecule is [N-]=[N+]=N/C=C\N=[N+]=[N-]. The lowest BCUT2D eigenvalue weighted by molar-refractivity contribution is 1.41. The van der Waals surface area contributed by atoms with Crippen molar-refractivity contribution >= 4 is 0 Å². The summed E-state index contributed by atoms with van der Waals surface area (Å²) in [5.74, 6) is 0. The first kappa shape index (κ1) is 6.36. The third-order valence-corrected chi connectivity index (χ3v) is 0.303. The minimum Gasteiger partial charge on any atom is -0.0687 e. The number of hydrogen-bond acceptors (Lipinski definition) is 2. The van der Waals surface area contributed by atoms with Gasteiger partial charge in [-0.2, -0.15) is 0 Å². The van der Waals surface area contributed by atoms with Gasteiger partial charge in [0, 0.05) is 22.2 Å². The van der Waals surface area contributed by atoms with Crippen molar-refractivity contribution in [3.05, 3.63) is 33.3 Å². The van der Waals surface area contributed by atoms with Crippen molar-refractivity contribution < 1.29 is 0 Å². The maximum Gasteiger partial charge on any atom is 0.00474 e. The summed E-state index contributed by atoms with van der Waals surface area (Å²) in [6, 6.07) is 0. The molecule has 6 heteroatoms. The van der Waals surface area contributed by atoms with Gasteiger partial charge in [0.2, 0.25) is 0 Å². The highest BCUT2D eigenvalue weighted by molar-refractivity contribution is 4.76. The number of azide groups is 2. The Bertz CT molecular complexity index is 147. The van der Waals surface area contributed by atoms with Crippen LogP contribution in [0.25, 0.3) is 20.9 Å². The molecule has 0 atom stereocenters. The molecule has 0 aliphatic carbocycles. The van der Waals surface area contributed by atoms with Crippen LogP contribution in [0.5, 0.6) is 0 Å². The summed E-state index contributed by atoms with van der Waals surface area (Å²) in [7, 11) is 0. The Morgan fingerprint density at radius 1 is 1.00 bits per heavy atom. The van der Waals surface area contributed by atoms with Crippen molar-refractivity contribution in [2.45, 2.75) is 0 Å². The van der Waals surface area contributed by atoms with Crippen LogP contribution in [-0.2, 0) is 0 Å². The molecule has 0 bridgehead atoms. The zero-order valence-corrected chi connectivity index (χ0v) is 3.84. The molecule has 0 amide bonds. The molecule has 0 fully saturated rings. The molecular weight excluding hydrogens is 108 g/mol. The quantitative estimate of drug-likeness (QED) is 0.295. The van der Waals surface area contributed by atoms with Gasteiger partial charge in [-0.3, -0.25) is 0 Å². The van der Waals surface area contributed by atoms with E-state index in [9.17, 15) is 0 Å². The largest absolute Gasteiger partial charge is 0.0687 e. The minimum absolute atomic E-state index is 1.06. The normalized spacial score (nSPS) is 7.50. The van der Waals surface area contributed by atoms with Gasteiger partial charge < -0.3 is 0 Å². The van der Waals surface area contributed by atoms with E-state index in [4.69, 9.17) is 11.1 Å². The van der Waals surface area contributed by atoms with Gasteiger partial charge in [0.05, 0.1) is 0 Å². The van der Waals surface area contributed by atoms with Crippen molar-refractivity contribution in [2.75, 3.05) is 0 Å². The first-order valence-corrected chi connectivity index (χ1v) is 1.65. The second-order valence-electron chi connectivity index (χ2n) is 0.708. The van der Waals surface area contributed by atoms with E-state index in [1.54, 1.807) is 0 Å². The first-order chi connectivity index (χ1) is 3.91. The lowest BCUT2D eigenvalue weighted by Crippen LogP contribution is -1.38. The fourth-order valence-corrected chi connectivity index (χ4v) is 0.119. The second-order valence-corrected chi connectivity index (χ2v) is 0.708. The van der Waals surface area contributed by atoms with Crippen molar-refractivity contribution in [1.82, 2.24) is 0 Å². The minimum atomic E-state index is 1.06. The highest BCUT2D eigenvalue weighted by Gasteiger charge is 1.55. The van der Waals surface area contributed by atoms with E-state index in [1.807, 2.05) is 0 Å². The van der Waals surface area contributed by atoms with Crippen LogP contribution in [-0.4, -0.2) is 0 Å². The van der Waals surface area contributed by atoms with Crippen LogP contribution < -0.4 is 0 Å². The van der Waals surface area contributed by atoms with Crippen molar-refractivity contribution in [2.24, 2.45) is 10.2 Å². The zero-order chi connectivity index (χ0) is 6.24. The van der Waals surface area contributed by atoms with Crippen molar-refractivity contribution in [3.8, 4) is 0 Å². The Labute approximate surface area is 44.7 Å². The highest BCUT2D eigenvalue weighted by atomic mass is 15.1. The van der Waals surface area contributed by atoms with Gasteiger partial charge in [0.25, 0.3) is 0 Å². The van der Waals surface area contributed by atoms with Gasteiger partial charge in [-0.05, 0) is 11.1 Å². The number of nitrogens with zero attached hydrogens (tertiary/aromatic N) is 6. The fraction of sp³-hybridized carbons (Fsp3) is 0. The Hall–Kier alpha value is -1.64. The zero-order valence-electron chi connectivity index (χ0n) is 3.84. The van der Waals surface area contributed by atoms with E-state index >= 15 is 0 Å². The number of hydrogen-bond donors (Lipinski definition) is 0. The Morgan fingerprint density at radius 3 is 1.62 bits per heavy atom. The molecule has 0 rings (SSSR count). The summed E-state index contributed by atoms with van der Waals surface area (Å²) in [5, 5.41) is 5.89. The molecule has 0 saturated heterocycles.